The lowest BCUT2D eigenvalue weighted by atomic mass is 10.1. The summed E-state index contributed by atoms with van der Waals surface area (Å²) in [5.41, 5.74) is 4.82. The van der Waals surface area contributed by atoms with Gasteiger partial charge in [0.2, 0.25) is 0 Å². The van der Waals surface area contributed by atoms with Crippen LogP contribution in [0.15, 0.2) is 53.6 Å². The smallest absolute Gasteiger partial charge is 0.289 e. The molecule has 0 aliphatic rings. The molecule has 0 saturated heterocycles. The quantitative estimate of drug-likeness (QED) is 0.485. The van der Waals surface area contributed by atoms with Crippen molar-refractivity contribution in [2.75, 3.05) is 21.3 Å². The lowest BCUT2D eigenvalue weighted by Gasteiger charge is -2.08. The average molecular weight is 380 g/mol. The van der Waals surface area contributed by atoms with Crippen molar-refractivity contribution < 1.29 is 19.0 Å². The maximum absolute atomic E-state index is 12.3. The van der Waals surface area contributed by atoms with Gasteiger partial charge in [0.25, 0.3) is 5.91 Å². The van der Waals surface area contributed by atoms with Crippen LogP contribution in [0.1, 0.15) is 16.1 Å². The van der Waals surface area contributed by atoms with Crippen molar-refractivity contribution in [3.63, 3.8) is 0 Å². The minimum absolute atomic E-state index is 0.270. The molecule has 3 rings (SSSR count). The van der Waals surface area contributed by atoms with E-state index in [4.69, 9.17) is 14.2 Å². The standard InChI is InChI=1S/C20H20N4O4/c1-26-14-6-4-13(5-7-14)12-21-24-20(25)18-11-17(22-23-18)16-10-15(27-2)8-9-19(16)28-3/h4-12H,1-3H3,(H,22,23)(H,24,25). The average Bonchev–Trinajstić information content (AvgIpc) is 3.24. The van der Waals surface area contributed by atoms with Crippen molar-refractivity contribution in [1.82, 2.24) is 15.6 Å². The zero-order valence-electron chi connectivity index (χ0n) is 15.7. The molecule has 0 spiro atoms. The highest BCUT2D eigenvalue weighted by atomic mass is 16.5. The number of aromatic nitrogens is 2. The van der Waals surface area contributed by atoms with Crippen molar-refractivity contribution in [2.45, 2.75) is 0 Å². The number of rotatable bonds is 7. The number of ether oxygens (including phenoxy) is 3. The fourth-order valence-electron chi connectivity index (χ4n) is 2.51. The van der Waals surface area contributed by atoms with Gasteiger partial charge >= 0.3 is 0 Å². The van der Waals surface area contributed by atoms with Crippen molar-refractivity contribution in [2.24, 2.45) is 5.10 Å². The van der Waals surface area contributed by atoms with Crippen molar-refractivity contribution in [1.29, 1.82) is 0 Å². The minimum Gasteiger partial charge on any atom is -0.497 e. The molecule has 8 nitrogen and oxygen atoms in total. The Morgan fingerprint density at radius 3 is 2.39 bits per heavy atom. The van der Waals surface area contributed by atoms with E-state index in [1.165, 1.54) is 0 Å². The topological polar surface area (TPSA) is 97.8 Å². The van der Waals surface area contributed by atoms with E-state index in [1.807, 2.05) is 24.3 Å². The fraction of sp³-hybridized carbons (Fsp3) is 0.150. The zero-order valence-corrected chi connectivity index (χ0v) is 15.7. The van der Waals surface area contributed by atoms with E-state index in [-0.39, 0.29) is 5.69 Å². The predicted molar refractivity (Wildman–Crippen MR) is 105 cm³/mol. The van der Waals surface area contributed by atoms with Crippen LogP contribution in [0.3, 0.4) is 0 Å². The molecule has 8 heteroatoms. The molecule has 28 heavy (non-hydrogen) atoms. The number of benzene rings is 2. The van der Waals surface area contributed by atoms with E-state index in [2.05, 4.69) is 20.7 Å². The number of carbonyl (C=O) groups is 1. The van der Waals surface area contributed by atoms with Gasteiger partial charge in [-0.25, -0.2) is 5.43 Å². The van der Waals surface area contributed by atoms with Crippen LogP contribution in [0.4, 0.5) is 0 Å². The van der Waals surface area contributed by atoms with Crippen LogP contribution in [0, 0.1) is 0 Å². The van der Waals surface area contributed by atoms with E-state index in [0.717, 1.165) is 11.3 Å². The van der Waals surface area contributed by atoms with Gasteiger partial charge in [0.05, 0.1) is 33.2 Å². The summed E-state index contributed by atoms with van der Waals surface area (Å²) in [6.07, 6.45) is 1.54. The van der Waals surface area contributed by atoms with Crippen molar-refractivity contribution in [3.05, 3.63) is 59.8 Å². The maximum atomic E-state index is 12.3. The first-order valence-corrected chi connectivity index (χ1v) is 8.40. The molecule has 0 aliphatic carbocycles. The first kappa shape index (κ1) is 19.0. The Hall–Kier alpha value is -3.81. The number of hydrogen-bond donors (Lipinski definition) is 2. The van der Waals surface area contributed by atoms with Crippen LogP contribution in [0.2, 0.25) is 0 Å². The van der Waals surface area contributed by atoms with E-state index in [0.29, 0.717) is 22.8 Å². The molecule has 0 saturated carbocycles. The van der Waals surface area contributed by atoms with E-state index in [9.17, 15) is 4.79 Å². The molecular formula is C20H20N4O4. The van der Waals surface area contributed by atoms with E-state index >= 15 is 0 Å². The second-order valence-corrected chi connectivity index (χ2v) is 5.71. The number of hydrazone groups is 1. The highest BCUT2D eigenvalue weighted by Crippen LogP contribution is 2.32. The Labute approximate surface area is 162 Å². The lowest BCUT2D eigenvalue weighted by molar-refractivity contribution is 0.0950. The third kappa shape index (κ3) is 4.29. The number of H-pyrrole nitrogens is 1. The van der Waals surface area contributed by atoms with Crippen LogP contribution in [-0.2, 0) is 0 Å². The molecule has 0 radical (unpaired) electrons. The SMILES string of the molecule is COc1ccc(C=NNC(=O)c2cc(-c3cc(OC)ccc3OC)n[nH]2)cc1. The fourth-order valence-corrected chi connectivity index (χ4v) is 2.51. The number of nitrogens with zero attached hydrogens (tertiary/aromatic N) is 2. The largest absolute Gasteiger partial charge is 0.497 e. The second kappa shape index (κ2) is 8.72. The normalized spacial score (nSPS) is 10.7. The van der Waals surface area contributed by atoms with Gasteiger partial charge in [0.15, 0.2) is 0 Å². The van der Waals surface area contributed by atoms with Gasteiger partial charge in [-0.05, 0) is 54.1 Å². The van der Waals surface area contributed by atoms with Gasteiger partial charge in [-0.3, -0.25) is 9.89 Å². The van der Waals surface area contributed by atoms with E-state index < -0.39 is 5.91 Å². The molecule has 0 atom stereocenters. The molecule has 2 N–H and O–H groups in total. The summed E-state index contributed by atoms with van der Waals surface area (Å²) in [6, 6.07) is 14.3. The Kier molecular flexibility index (Phi) is 5.91. The van der Waals surface area contributed by atoms with Crippen LogP contribution < -0.4 is 19.6 Å². The second-order valence-electron chi connectivity index (χ2n) is 5.71. The van der Waals surface area contributed by atoms with Crippen molar-refractivity contribution >= 4 is 12.1 Å². The summed E-state index contributed by atoms with van der Waals surface area (Å²) in [4.78, 5) is 12.3. The molecule has 144 valence electrons. The van der Waals surface area contributed by atoms with Crippen LogP contribution in [0.25, 0.3) is 11.3 Å². The molecule has 0 fully saturated rings. The minimum atomic E-state index is -0.412. The molecular weight excluding hydrogens is 360 g/mol. The molecule has 3 aromatic rings. The highest BCUT2D eigenvalue weighted by Gasteiger charge is 2.14. The predicted octanol–water partition coefficient (Wildman–Crippen LogP) is 2.87. The number of methoxy groups -OCH3 is 3. The van der Waals surface area contributed by atoms with Gasteiger partial charge in [0.1, 0.15) is 22.9 Å². The Bertz CT molecular complexity index is 980. The third-order valence-electron chi connectivity index (χ3n) is 4.00. The number of aromatic amines is 1. The number of amides is 1. The van der Waals surface area contributed by atoms with E-state index in [1.54, 1.807) is 51.8 Å². The van der Waals surface area contributed by atoms with Gasteiger partial charge in [0, 0.05) is 5.56 Å². The van der Waals surface area contributed by atoms with Gasteiger partial charge < -0.3 is 14.2 Å². The first-order valence-electron chi connectivity index (χ1n) is 8.40. The third-order valence-corrected chi connectivity index (χ3v) is 4.00. The summed E-state index contributed by atoms with van der Waals surface area (Å²) in [5, 5.41) is 10.9. The number of hydrogen-bond acceptors (Lipinski definition) is 6. The molecule has 0 aliphatic heterocycles. The monoisotopic (exact) mass is 380 g/mol. The Morgan fingerprint density at radius 1 is 1.00 bits per heavy atom. The Balaban J connectivity index is 1.71. The first-order chi connectivity index (χ1) is 13.6. The molecule has 1 heterocycles. The molecule has 0 bridgehead atoms. The van der Waals surface area contributed by atoms with Crippen LogP contribution in [0.5, 0.6) is 17.2 Å². The summed E-state index contributed by atoms with van der Waals surface area (Å²) in [6.45, 7) is 0. The molecule has 1 aromatic heterocycles. The zero-order chi connectivity index (χ0) is 19.9. The van der Waals surface area contributed by atoms with Crippen LogP contribution >= 0.6 is 0 Å². The summed E-state index contributed by atoms with van der Waals surface area (Å²) in [5.74, 6) is 1.62. The summed E-state index contributed by atoms with van der Waals surface area (Å²) in [7, 11) is 4.75. The van der Waals surface area contributed by atoms with Crippen LogP contribution in [-0.4, -0.2) is 43.6 Å². The van der Waals surface area contributed by atoms with Crippen molar-refractivity contribution in [3.8, 4) is 28.5 Å². The highest BCUT2D eigenvalue weighted by molar-refractivity contribution is 5.94. The lowest BCUT2D eigenvalue weighted by Crippen LogP contribution is -2.17. The molecule has 1 amide bonds. The molecule has 0 unspecified atom stereocenters. The number of nitrogens with one attached hydrogen (secondary N) is 2. The Morgan fingerprint density at radius 2 is 1.71 bits per heavy atom. The van der Waals surface area contributed by atoms with Gasteiger partial charge in [-0.2, -0.15) is 10.2 Å². The van der Waals surface area contributed by atoms with Gasteiger partial charge in [-0.1, -0.05) is 0 Å². The van der Waals surface area contributed by atoms with Gasteiger partial charge in [-0.15, -0.1) is 0 Å². The maximum Gasteiger partial charge on any atom is 0.289 e. The number of carbonyl (C=O) groups excluding carboxylic acids is 1. The molecule has 2 aromatic carbocycles. The summed E-state index contributed by atoms with van der Waals surface area (Å²) < 4.78 is 15.7. The summed E-state index contributed by atoms with van der Waals surface area (Å²) >= 11 is 0.